The molecule has 0 aromatic heterocycles. The fourth-order valence-electron chi connectivity index (χ4n) is 5.51. The number of ketones is 1. The van der Waals surface area contributed by atoms with E-state index in [1.807, 2.05) is 13.8 Å². The molecule has 3 rings (SSSR count). The van der Waals surface area contributed by atoms with Crippen molar-refractivity contribution in [1.82, 2.24) is 20.9 Å². The third-order valence-electron chi connectivity index (χ3n) is 7.60. The Morgan fingerprint density at radius 1 is 0.857 bits per heavy atom. The van der Waals surface area contributed by atoms with Gasteiger partial charge in [0.2, 0.25) is 17.6 Å². The van der Waals surface area contributed by atoms with E-state index in [9.17, 15) is 24.0 Å². The van der Waals surface area contributed by atoms with Crippen LogP contribution in [0.3, 0.4) is 0 Å². The van der Waals surface area contributed by atoms with Crippen LogP contribution in [0.4, 0.5) is 4.79 Å². The van der Waals surface area contributed by atoms with Gasteiger partial charge in [-0.05, 0) is 57.8 Å². The van der Waals surface area contributed by atoms with Crippen LogP contribution < -0.4 is 21.7 Å². The number of primary amides is 1. The van der Waals surface area contributed by atoms with E-state index in [2.05, 4.69) is 16.0 Å². The molecule has 0 radical (unpaired) electrons. The highest BCUT2D eigenvalue weighted by atomic mass is 16.2. The second-order valence-electron chi connectivity index (χ2n) is 10.7. The summed E-state index contributed by atoms with van der Waals surface area (Å²) in [6.45, 7) is 4.11. The predicted molar refractivity (Wildman–Crippen MR) is 130 cm³/mol. The minimum absolute atomic E-state index is 0.0151. The molecule has 0 spiro atoms. The molecule has 3 aliphatic rings. The molecule has 35 heavy (non-hydrogen) atoms. The third kappa shape index (κ3) is 7.18. The number of hydrogen-bond donors (Lipinski definition) is 4. The lowest BCUT2D eigenvalue weighted by Gasteiger charge is -2.35. The number of nitrogens with zero attached hydrogens (tertiary/aromatic N) is 1. The van der Waals surface area contributed by atoms with E-state index in [0.29, 0.717) is 25.8 Å². The molecule has 3 unspecified atom stereocenters. The normalized spacial score (nSPS) is 22.7. The lowest BCUT2D eigenvalue weighted by atomic mass is 9.80. The number of Topliss-reactive ketones (excluding diaryl/α,β-unsaturated/α-hetero) is 1. The SMILES string of the molecule is CC(C)NC(=O)NC(C(=O)N1CCCC1C(=O)NC(CC1CCC1)C(=O)C(N)=O)C1CCCCC1. The highest BCUT2D eigenvalue weighted by Gasteiger charge is 2.42. The van der Waals surface area contributed by atoms with Crippen LogP contribution in [0.2, 0.25) is 0 Å². The smallest absolute Gasteiger partial charge is 0.315 e. The average Bonchev–Trinajstić information content (AvgIpc) is 3.28. The van der Waals surface area contributed by atoms with Gasteiger partial charge in [-0.3, -0.25) is 19.2 Å². The molecule has 196 valence electrons. The minimum Gasteiger partial charge on any atom is -0.363 e. The van der Waals surface area contributed by atoms with Gasteiger partial charge >= 0.3 is 6.03 Å². The summed E-state index contributed by atoms with van der Waals surface area (Å²) < 4.78 is 0. The Balaban J connectivity index is 1.72. The van der Waals surface area contributed by atoms with Gasteiger partial charge < -0.3 is 26.6 Å². The number of likely N-dealkylation sites (tertiary alicyclic amines) is 1. The topological polar surface area (TPSA) is 151 Å². The molecule has 10 heteroatoms. The summed E-state index contributed by atoms with van der Waals surface area (Å²) >= 11 is 0. The highest BCUT2D eigenvalue weighted by Crippen LogP contribution is 2.31. The third-order valence-corrected chi connectivity index (χ3v) is 7.60. The molecule has 10 nitrogen and oxygen atoms in total. The minimum atomic E-state index is -1.06. The molecule has 1 saturated heterocycles. The van der Waals surface area contributed by atoms with Crippen LogP contribution in [0.1, 0.15) is 84.5 Å². The second kappa shape index (κ2) is 12.4. The van der Waals surface area contributed by atoms with Crippen LogP contribution in [0.5, 0.6) is 0 Å². The van der Waals surface area contributed by atoms with E-state index in [0.717, 1.165) is 51.4 Å². The second-order valence-corrected chi connectivity index (χ2v) is 10.7. The van der Waals surface area contributed by atoms with E-state index in [1.165, 1.54) is 0 Å². The van der Waals surface area contributed by atoms with E-state index in [-0.39, 0.29) is 23.8 Å². The van der Waals surface area contributed by atoms with E-state index in [1.54, 1.807) is 4.90 Å². The fraction of sp³-hybridized carbons (Fsp3) is 0.800. The maximum atomic E-state index is 13.7. The van der Waals surface area contributed by atoms with Gasteiger partial charge in [-0.2, -0.15) is 0 Å². The first-order valence-corrected chi connectivity index (χ1v) is 13.2. The number of hydrogen-bond acceptors (Lipinski definition) is 5. The van der Waals surface area contributed by atoms with Crippen molar-refractivity contribution in [2.45, 2.75) is 109 Å². The van der Waals surface area contributed by atoms with E-state index in [4.69, 9.17) is 5.73 Å². The molecule has 0 bridgehead atoms. The molecular weight excluding hydrogens is 450 g/mol. The van der Waals surface area contributed by atoms with Crippen LogP contribution in [0, 0.1) is 11.8 Å². The van der Waals surface area contributed by atoms with Gasteiger partial charge in [-0.15, -0.1) is 0 Å². The number of urea groups is 1. The zero-order valence-corrected chi connectivity index (χ0v) is 21.0. The Labute approximate surface area is 207 Å². The maximum absolute atomic E-state index is 13.7. The molecule has 5 N–H and O–H groups in total. The predicted octanol–water partition coefficient (Wildman–Crippen LogP) is 1.36. The van der Waals surface area contributed by atoms with Gasteiger partial charge in [0.1, 0.15) is 12.1 Å². The first kappa shape index (κ1) is 26.9. The van der Waals surface area contributed by atoms with Crippen molar-refractivity contribution in [2.75, 3.05) is 6.54 Å². The van der Waals surface area contributed by atoms with Gasteiger partial charge in [0.15, 0.2) is 0 Å². The molecule has 0 aromatic carbocycles. The summed E-state index contributed by atoms with van der Waals surface area (Å²) in [6, 6.07) is -2.88. The van der Waals surface area contributed by atoms with Crippen LogP contribution in [0.25, 0.3) is 0 Å². The zero-order chi connectivity index (χ0) is 25.5. The maximum Gasteiger partial charge on any atom is 0.315 e. The molecule has 1 aliphatic heterocycles. The molecule has 0 aromatic rings. The Bertz CT molecular complexity index is 806. The Kier molecular flexibility index (Phi) is 9.51. The van der Waals surface area contributed by atoms with Gasteiger partial charge in [0, 0.05) is 12.6 Å². The van der Waals surface area contributed by atoms with Gasteiger partial charge in [-0.25, -0.2) is 4.79 Å². The van der Waals surface area contributed by atoms with Crippen molar-refractivity contribution in [2.24, 2.45) is 17.6 Å². The van der Waals surface area contributed by atoms with Crippen LogP contribution in [-0.2, 0) is 19.2 Å². The van der Waals surface area contributed by atoms with Crippen molar-refractivity contribution in [1.29, 1.82) is 0 Å². The molecule has 2 saturated carbocycles. The summed E-state index contributed by atoms with van der Waals surface area (Å²) in [6.07, 6.45) is 9.30. The number of carbonyl (C=O) groups excluding carboxylic acids is 5. The quantitative estimate of drug-likeness (QED) is 0.340. The number of carbonyl (C=O) groups is 5. The standard InChI is InChI=1S/C25H41N5O5/c1-15(2)27-25(35)29-20(17-10-4-3-5-11-17)24(34)30-13-7-12-19(30)23(33)28-18(21(31)22(26)32)14-16-8-6-9-16/h15-20H,3-14H2,1-2H3,(H2,26,32)(H,28,33)(H2,27,29,35). The van der Waals surface area contributed by atoms with Crippen molar-refractivity contribution in [3.63, 3.8) is 0 Å². The monoisotopic (exact) mass is 491 g/mol. The molecule has 3 atom stereocenters. The average molecular weight is 492 g/mol. The first-order chi connectivity index (χ1) is 16.7. The van der Waals surface area contributed by atoms with Crippen LogP contribution >= 0.6 is 0 Å². The molecular formula is C25H41N5O5. The van der Waals surface area contributed by atoms with Crippen molar-refractivity contribution >= 4 is 29.5 Å². The van der Waals surface area contributed by atoms with Crippen molar-refractivity contribution in [3.05, 3.63) is 0 Å². The van der Waals surface area contributed by atoms with Crippen molar-refractivity contribution in [3.8, 4) is 0 Å². The molecule has 5 amide bonds. The van der Waals surface area contributed by atoms with Gasteiger partial charge in [0.05, 0.1) is 6.04 Å². The summed E-state index contributed by atoms with van der Waals surface area (Å²) in [5.74, 6) is -2.26. The summed E-state index contributed by atoms with van der Waals surface area (Å²) in [5.41, 5.74) is 5.23. The Morgan fingerprint density at radius 2 is 1.54 bits per heavy atom. The summed E-state index contributed by atoms with van der Waals surface area (Å²) in [7, 11) is 0. The number of nitrogens with one attached hydrogen (secondary N) is 3. The lowest BCUT2D eigenvalue weighted by molar-refractivity contribution is -0.143. The van der Waals surface area contributed by atoms with Crippen molar-refractivity contribution < 1.29 is 24.0 Å². The molecule has 2 aliphatic carbocycles. The number of amides is 5. The first-order valence-electron chi connectivity index (χ1n) is 13.2. The number of nitrogens with two attached hydrogens (primary N) is 1. The molecule has 1 heterocycles. The summed E-state index contributed by atoms with van der Waals surface area (Å²) in [4.78, 5) is 64.9. The lowest BCUT2D eigenvalue weighted by Crippen LogP contribution is -2.59. The number of rotatable bonds is 10. The van der Waals surface area contributed by atoms with E-state index >= 15 is 0 Å². The molecule has 3 fully saturated rings. The van der Waals surface area contributed by atoms with Crippen LogP contribution in [-0.4, -0.2) is 65.1 Å². The fourth-order valence-corrected chi connectivity index (χ4v) is 5.51. The highest BCUT2D eigenvalue weighted by molar-refractivity contribution is 6.37. The summed E-state index contributed by atoms with van der Waals surface area (Å²) in [5, 5.41) is 8.40. The zero-order valence-electron chi connectivity index (χ0n) is 21.0. The Hall–Kier alpha value is -2.65. The van der Waals surface area contributed by atoms with Crippen LogP contribution in [0.15, 0.2) is 0 Å². The van der Waals surface area contributed by atoms with Gasteiger partial charge in [-0.1, -0.05) is 38.5 Å². The van der Waals surface area contributed by atoms with E-state index < -0.39 is 41.8 Å². The van der Waals surface area contributed by atoms with Gasteiger partial charge in [0.25, 0.3) is 5.91 Å². The Morgan fingerprint density at radius 3 is 2.11 bits per heavy atom. The largest absolute Gasteiger partial charge is 0.363 e.